The zero-order valence-corrected chi connectivity index (χ0v) is 10.6. The third-order valence-electron chi connectivity index (χ3n) is 1.25. The van der Waals surface area contributed by atoms with Crippen molar-refractivity contribution in [1.29, 1.82) is 0 Å². The fraction of sp³-hybridized carbons (Fsp3) is 1.00. The Morgan fingerprint density at radius 2 is 1.40 bits per heavy atom. The van der Waals surface area contributed by atoms with Gasteiger partial charge >= 0.3 is 82.5 Å². The fourth-order valence-corrected chi connectivity index (χ4v) is 5.80. The minimum absolute atomic E-state index is 0.0422. The van der Waals surface area contributed by atoms with Gasteiger partial charge in [-0.05, 0) is 0 Å². The van der Waals surface area contributed by atoms with Gasteiger partial charge in [0.05, 0.1) is 0 Å². The first-order valence-electron chi connectivity index (χ1n) is 3.95. The van der Waals surface area contributed by atoms with Crippen molar-refractivity contribution < 1.29 is 14.6 Å². The second-order valence-corrected chi connectivity index (χ2v) is 10.8. The van der Waals surface area contributed by atoms with Gasteiger partial charge in [0.2, 0.25) is 0 Å². The molecule has 0 atom stereocenters. The molecule has 0 aliphatic rings. The van der Waals surface area contributed by atoms with E-state index in [9.17, 15) is 0 Å². The van der Waals surface area contributed by atoms with Gasteiger partial charge in [-0.3, -0.25) is 0 Å². The second-order valence-electron chi connectivity index (χ2n) is 2.32. The molecule has 0 aromatic rings. The monoisotopic (exact) mass is 348 g/mol. The summed E-state index contributed by atoms with van der Waals surface area (Å²) in [5.74, 6) is 0. The van der Waals surface area contributed by atoms with Crippen LogP contribution in [0.3, 0.4) is 0 Å². The van der Waals surface area contributed by atoms with Crippen LogP contribution < -0.4 is 0 Å². The molecule has 0 radical (unpaired) electrons. The summed E-state index contributed by atoms with van der Waals surface area (Å²) >= 11 is 2.73. The maximum atomic E-state index is 2.69. The zero-order chi connectivity index (χ0) is 7.82. The van der Waals surface area contributed by atoms with Crippen molar-refractivity contribution in [3.05, 3.63) is 0 Å². The molecule has 0 N–H and O–H groups in total. The molecule has 0 aliphatic heterocycles. The van der Waals surface area contributed by atoms with Gasteiger partial charge in [-0.1, -0.05) is 0 Å². The minimum atomic E-state index is 0.0422. The van der Waals surface area contributed by atoms with Crippen LogP contribution in [0.4, 0.5) is 0 Å². The Bertz CT molecular complexity index is 58.3. The first-order valence-corrected chi connectivity index (χ1v) is 10.5. The molecule has 2 heteroatoms. The van der Waals surface area contributed by atoms with Crippen molar-refractivity contribution in [3.63, 3.8) is 0 Å². The summed E-state index contributed by atoms with van der Waals surface area (Å²) in [7, 11) is 0. The summed E-state index contributed by atoms with van der Waals surface area (Å²) in [6, 6.07) is 0. The number of unbranched alkanes of at least 4 members (excludes halogenated alkanes) is 2. The normalized spacial score (nSPS) is 11.7. The molecule has 0 unspecified atom stereocenters. The van der Waals surface area contributed by atoms with Gasteiger partial charge in [-0.2, -0.15) is 0 Å². The van der Waals surface area contributed by atoms with Gasteiger partial charge in [-0.15, -0.1) is 0 Å². The molecule has 10 heavy (non-hydrogen) atoms. The molecule has 0 rings (SSSR count). The number of halogens is 1. The Balaban J connectivity index is 3.00. The topological polar surface area (TPSA) is 0 Å². The molecule has 0 aromatic carbocycles. The Morgan fingerprint density at radius 1 is 1.00 bits per heavy atom. The summed E-state index contributed by atoms with van der Waals surface area (Å²) in [5.41, 5.74) is 0. The Labute approximate surface area is 81.8 Å². The van der Waals surface area contributed by atoms with E-state index in [1.807, 2.05) is 0 Å². The van der Waals surface area contributed by atoms with Crippen LogP contribution in [-0.4, -0.2) is 0 Å². The SMILES string of the molecule is CCC[CH2][Ag]([I])[CH2]CCC. The molecule has 0 saturated heterocycles. The summed E-state index contributed by atoms with van der Waals surface area (Å²) in [4.78, 5) is 0. The molecule has 0 aromatic heterocycles. The van der Waals surface area contributed by atoms with E-state index in [1.165, 1.54) is 35.0 Å². The Kier molecular flexibility index (Phi) is 9.83. The first kappa shape index (κ1) is 11.5. The third kappa shape index (κ3) is 7.58. The summed E-state index contributed by atoms with van der Waals surface area (Å²) in [6.07, 6.45) is 5.68. The summed E-state index contributed by atoms with van der Waals surface area (Å²) in [6.45, 7) is 4.57. The average Bonchev–Trinajstić information content (AvgIpc) is 1.97. The van der Waals surface area contributed by atoms with E-state index in [1.54, 1.807) is 0 Å². The molecule has 0 spiro atoms. The number of hydrogen-bond acceptors (Lipinski definition) is 0. The van der Waals surface area contributed by atoms with Crippen LogP contribution in [0.5, 0.6) is 0 Å². The number of hydrogen-bond donors (Lipinski definition) is 0. The molecule has 68 valence electrons. The molecule has 0 amide bonds. The third-order valence-corrected chi connectivity index (χ3v) is 7.75. The van der Waals surface area contributed by atoms with Crippen molar-refractivity contribution in [3.8, 4) is 0 Å². The average molecular weight is 349 g/mol. The van der Waals surface area contributed by atoms with Crippen LogP contribution in [-0.2, 0) is 14.6 Å². The Hall–Kier alpha value is 1.47. The van der Waals surface area contributed by atoms with E-state index >= 15 is 0 Å². The second kappa shape index (κ2) is 8.57. The van der Waals surface area contributed by atoms with Crippen LogP contribution in [0.2, 0.25) is 9.28 Å². The standard InChI is InChI=1S/2C4H9.Ag.HI/c2*1-3-4-2;;/h2*1,3-4H2,2H3;;1H/q;;+1;/p-1. The van der Waals surface area contributed by atoms with Crippen molar-refractivity contribution in [2.45, 2.75) is 48.8 Å². The van der Waals surface area contributed by atoms with Crippen molar-refractivity contribution in [2.24, 2.45) is 0 Å². The molecular formula is C8H18AgI. The predicted octanol–water partition coefficient (Wildman–Crippen LogP) is 4.39. The van der Waals surface area contributed by atoms with Crippen LogP contribution in [0, 0.1) is 0 Å². The van der Waals surface area contributed by atoms with E-state index in [-0.39, 0.29) is 14.6 Å². The first-order chi connectivity index (χ1) is 4.81. The van der Waals surface area contributed by atoms with E-state index in [0.29, 0.717) is 0 Å². The quantitative estimate of drug-likeness (QED) is 0.493. The molecule has 0 heterocycles. The predicted molar refractivity (Wildman–Crippen MR) is 53.5 cm³/mol. The summed E-state index contributed by atoms with van der Waals surface area (Å²) < 4.78 is 3.06. The maximum absolute atomic E-state index is 2.69. The van der Waals surface area contributed by atoms with Gasteiger partial charge in [0.25, 0.3) is 0 Å². The Morgan fingerprint density at radius 3 is 1.70 bits per heavy atom. The summed E-state index contributed by atoms with van der Waals surface area (Å²) in [5, 5.41) is 0. The van der Waals surface area contributed by atoms with Crippen LogP contribution >= 0.6 is 19.0 Å². The van der Waals surface area contributed by atoms with Crippen molar-refractivity contribution in [2.75, 3.05) is 0 Å². The van der Waals surface area contributed by atoms with Gasteiger partial charge < -0.3 is 0 Å². The van der Waals surface area contributed by atoms with Crippen LogP contribution in [0.15, 0.2) is 0 Å². The van der Waals surface area contributed by atoms with Crippen molar-refractivity contribution >= 4 is 19.0 Å². The van der Waals surface area contributed by atoms with Crippen LogP contribution in [0.25, 0.3) is 0 Å². The molecule has 0 fully saturated rings. The van der Waals surface area contributed by atoms with Gasteiger partial charge in [-0.25, -0.2) is 0 Å². The van der Waals surface area contributed by atoms with Crippen LogP contribution in [0.1, 0.15) is 39.5 Å². The molecule has 0 nitrogen and oxygen atoms in total. The van der Waals surface area contributed by atoms with Gasteiger partial charge in [0.1, 0.15) is 0 Å². The van der Waals surface area contributed by atoms with E-state index in [4.69, 9.17) is 0 Å². The molecule has 0 aliphatic carbocycles. The van der Waals surface area contributed by atoms with E-state index in [2.05, 4.69) is 32.9 Å². The molecule has 0 saturated carbocycles. The van der Waals surface area contributed by atoms with E-state index in [0.717, 1.165) is 0 Å². The molecular weight excluding hydrogens is 331 g/mol. The number of rotatable bonds is 6. The fourth-order valence-electron chi connectivity index (χ4n) is 0.520. The zero-order valence-electron chi connectivity index (χ0n) is 6.92. The molecule has 0 bridgehead atoms. The van der Waals surface area contributed by atoms with E-state index < -0.39 is 0 Å². The van der Waals surface area contributed by atoms with Gasteiger partial charge in [0.15, 0.2) is 0 Å². The van der Waals surface area contributed by atoms with Crippen molar-refractivity contribution in [1.82, 2.24) is 0 Å². The van der Waals surface area contributed by atoms with Gasteiger partial charge in [0, 0.05) is 0 Å².